The zero-order chi connectivity index (χ0) is 37.4. The number of hydrogen-bond donors (Lipinski definition) is 3. The number of fused-ring (bicyclic) bond motifs is 2. The Bertz CT molecular complexity index is 1270. The van der Waals surface area contributed by atoms with Crippen LogP contribution in [0.15, 0.2) is 24.3 Å². The molecular weight excluding hydrogens is 682 g/mol. The number of aliphatic hydroxyl groups excluding tert-OH is 2. The van der Waals surface area contributed by atoms with Crippen LogP contribution in [0.3, 0.4) is 0 Å². The van der Waals surface area contributed by atoms with Gasteiger partial charge in [0.15, 0.2) is 0 Å². The molecule has 9 aliphatic rings. The van der Waals surface area contributed by atoms with Crippen molar-refractivity contribution in [2.45, 2.75) is 194 Å². The molecule has 12 nitrogen and oxygen atoms in total. The van der Waals surface area contributed by atoms with Gasteiger partial charge in [-0.25, -0.2) is 0 Å². The summed E-state index contributed by atoms with van der Waals surface area (Å²) in [5.41, 5.74) is 7.96. The van der Waals surface area contributed by atoms with E-state index < -0.39 is 24.4 Å². The number of methoxy groups -OCH3 is 2. The van der Waals surface area contributed by atoms with Crippen LogP contribution < -0.4 is 5.73 Å². The zero-order valence-electron chi connectivity index (χ0n) is 32.1. The molecule has 0 aromatic rings. The molecule has 53 heavy (non-hydrogen) atoms. The van der Waals surface area contributed by atoms with Gasteiger partial charge in [-0.05, 0) is 68.4 Å². The van der Waals surface area contributed by atoms with Crippen LogP contribution in [0.25, 0.3) is 0 Å². The third-order valence-electron chi connectivity index (χ3n) is 13.5. The van der Waals surface area contributed by atoms with E-state index in [9.17, 15) is 15.0 Å². The number of carbonyl (C=O) groups is 1. The van der Waals surface area contributed by atoms with Gasteiger partial charge in [0.1, 0.15) is 18.0 Å². The van der Waals surface area contributed by atoms with Gasteiger partial charge in [-0.15, -0.1) is 0 Å². The zero-order valence-corrected chi connectivity index (χ0v) is 32.1. The minimum absolute atomic E-state index is 0.0190. The van der Waals surface area contributed by atoms with E-state index in [4.69, 9.17) is 43.6 Å². The maximum absolute atomic E-state index is 13.9. The maximum Gasteiger partial charge on any atom is 0.135 e. The topological polar surface area (TPSA) is 157 Å². The summed E-state index contributed by atoms with van der Waals surface area (Å²) in [6.45, 7) is 11.1. The van der Waals surface area contributed by atoms with Crippen LogP contribution in [0.2, 0.25) is 0 Å². The third-order valence-corrected chi connectivity index (χ3v) is 13.5. The molecule has 9 rings (SSSR count). The van der Waals surface area contributed by atoms with Gasteiger partial charge in [0, 0.05) is 65.2 Å². The highest BCUT2D eigenvalue weighted by Gasteiger charge is 2.51. The third kappa shape index (κ3) is 8.99. The predicted octanol–water partition coefficient (Wildman–Crippen LogP) is 3.71. The van der Waals surface area contributed by atoms with E-state index in [0.717, 1.165) is 56.1 Å². The summed E-state index contributed by atoms with van der Waals surface area (Å²) < 4.78 is 51.8. The van der Waals surface area contributed by atoms with Crippen molar-refractivity contribution in [1.82, 2.24) is 0 Å². The van der Waals surface area contributed by atoms with E-state index in [0.29, 0.717) is 32.1 Å². The van der Waals surface area contributed by atoms with E-state index in [2.05, 4.69) is 20.1 Å². The van der Waals surface area contributed by atoms with Crippen LogP contribution in [-0.2, 0) is 42.7 Å². The molecule has 18 atom stereocenters. The van der Waals surface area contributed by atoms with E-state index in [1.807, 2.05) is 0 Å². The molecule has 4 N–H and O–H groups in total. The molecule has 9 saturated heterocycles. The summed E-state index contributed by atoms with van der Waals surface area (Å²) in [6.07, 6.45) is 4.55. The Kier molecular flexibility index (Phi) is 13.2. The molecule has 0 spiro atoms. The molecule has 0 saturated carbocycles. The second kappa shape index (κ2) is 17.5. The van der Waals surface area contributed by atoms with Crippen molar-refractivity contribution in [2.75, 3.05) is 20.8 Å². The molecule has 9 fully saturated rings. The van der Waals surface area contributed by atoms with Gasteiger partial charge in [0.25, 0.3) is 0 Å². The fourth-order valence-electron chi connectivity index (χ4n) is 10.5. The molecule has 0 aromatic heterocycles. The minimum atomic E-state index is -0.734. The smallest absolute Gasteiger partial charge is 0.135 e. The van der Waals surface area contributed by atoms with Crippen molar-refractivity contribution < 1.29 is 52.9 Å². The molecule has 0 radical (unpaired) electrons. The van der Waals surface area contributed by atoms with E-state index in [-0.39, 0.29) is 110 Å². The van der Waals surface area contributed by atoms with Gasteiger partial charge in [-0.3, -0.25) is 4.79 Å². The molecule has 9 aliphatic heterocycles. The summed E-state index contributed by atoms with van der Waals surface area (Å²) in [4.78, 5) is 13.9. The van der Waals surface area contributed by atoms with E-state index in [1.165, 1.54) is 0 Å². The number of Topliss-reactive ketones (excluding diaryl/α,β-unsaturated/α-hetero) is 1. The molecule has 300 valence electrons. The number of rotatable bonds is 5. The second-order valence-corrected chi connectivity index (χ2v) is 17.2. The van der Waals surface area contributed by atoms with Crippen LogP contribution in [0.5, 0.6) is 0 Å². The van der Waals surface area contributed by atoms with Crippen molar-refractivity contribution in [1.29, 1.82) is 0 Å². The lowest BCUT2D eigenvalue weighted by Gasteiger charge is -2.47. The summed E-state index contributed by atoms with van der Waals surface area (Å²) in [5.74, 6) is 0.0477. The van der Waals surface area contributed by atoms with Gasteiger partial charge in [-0.2, -0.15) is 0 Å². The summed E-state index contributed by atoms with van der Waals surface area (Å²) in [5, 5.41) is 21.7. The monoisotopic (exact) mass is 747 g/mol. The van der Waals surface area contributed by atoms with Gasteiger partial charge in [0.05, 0.1) is 85.5 Å². The maximum atomic E-state index is 13.9. The Morgan fingerprint density at radius 1 is 0.755 bits per heavy atom. The van der Waals surface area contributed by atoms with Crippen molar-refractivity contribution >= 4 is 5.78 Å². The van der Waals surface area contributed by atoms with Gasteiger partial charge < -0.3 is 53.8 Å². The van der Waals surface area contributed by atoms with E-state index >= 15 is 0 Å². The second-order valence-electron chi connectivity index (χ2n) is 17.2. The summed E-state index contributed by atoms with van der Waals surface area (Å²) in [6, 6.07) is 0. The van der Waals surface area contributed by atoms with Gasteiger partial charge in [0.2, 0.25) is 0 Å². The predicted molar refractivity (Wildman–Crippen MR) is 195 cm³/mol. The van der Waals surface area contributed by atoms with Gasteiger partial charge >= 0.3 is 0 Å². The summed E-state index contributed by atoms with van der Waals surface area (Å²) in [7, 11) is 3.34. The van der Waals surface area contributed by atoms with Gasteiger partial charge in [-0.1, -0.05) is 20.1 Å². The first-order chi connectivity index (χ1) is 25.5. The average Bonchev–Trinajstić information content (AvgIpc) is 3.80. The van der Waals surface area contributed by atoms with Crippen molar-refractivity contribution in [3.8, 4) is 0 Å². The first-order valence-corrected chi connectivity index (χ1v) is 20.4. The molecule has 12 heteroatoms. The number of carbonyl (C=O) groups excluding carboxylic acids is 1. The van der Waals surface area contributed by atoms with Crippen LogP contribution in [0.4, 0.5) is 0 Å². The highest BCUT2D eigenvalue weighted by Crippen LogP contribution is 2.43. The average molecular weight is 748 g/mol. The molecular formula is C41H65NO11. The minimum Gasteiger partial charge on any atom is -0.392 e. The number of ether oxygens (including phenoxy) is 8. The number of hydrogen-bond acceptors (Lipinski definition) is 12. The van der Waals surface area contributed by atoms with Crippen LogP contribution in [0, 0.1) is 11.8 Å². The lowest BCUT2D eigenvalue weighted by molar-refractivity contribution is -0.252. The Labute approximate surface area is 315 Å². The summed E-state index contributed by atoms with van der Waals surface area (Å²) >= 11 is 0. The molecule has 9 heterocycles. The Balaban J connectivity index is 1.11. The molecule has 10 bridgehead atoms. The molecule has 1 unspecified atom stereocenters. The fourth-order valence-corrected chi connectivity index (χ4v) is 10.5. The van der Waals surface area contributed by atoms with Crippen LogP contribution >= 0.6 is 0 Å². The van der Waals surface area contributed by atoms with Crippen molar-refractivity contribution in [2.24, 2.45) is 17.6 Å². The van der Waals surface area contributed by atoms with Crippen molar-refractivity contribution in [3.05, 3.63) is 24.3 Å². The van der Waals surface area contributed by atoms with Crippen molar-refractivity contribution in [3.63, 3.8) is 0 Å². The lowest BCUT2D eigenvalue weighted by Crippen LogP contribution is -2.57. The Morgan fingerprint density at radius 2 is 1.55 bits per heavy atom. The molecule has 0 aliphatic carbocycles. The highest BCUT2D eigenvalue weighted by molar-refractivity contribution is 5.79. The lowest BCUT2D eigenvalue weighted by atomic mass is 9.83. The standard InChI is InChI=1S/C41H65NO11/c1-21-6-7-26-8-10-31-22(2)12-28(49-31)13-23(3)33-17-30(45)40(53-33)38-19-36(46-4)41-32(51-38)11-9-27(50-41)14-24(43)15-29-35(18-34(21)48-26)52-37(39(29)47-5)16-25(44)20-42/h23,25-41,44-45H,1-2,6-20,42H2,3-5H3/t23-,25-,26+,27+,28+,29-,30+,31-,32-,33-,34+,35-,36+,37+,38?,39+,40-,41-/m0/s1. The Morgan fingerprint density at radius 3 is 2.32 bits per heavy atom. The normalized spacial score (nSPS) is 47.7. The Hall–Kier alpha value is -1.29. The van der Waals surface area contributed by atoms with Crippen LogP contribution in [-0.4, -0.2) is 134 Å². The fraction of sp³-hybridized carbons (Fsp3) is 0.878. The van der Waals surface area contributed by atoms with Crippen LogP contribution in [0.1, 0.15) is 96.8 Å². The van der Waals surface area contributed by atoms with E-state index in [1.54, 1.807) is 14.2 Å². The highest BCUT2D eigenvalue weighted by atomic mass is 16.6. The largest absolute Gasteiger partial charge is 0.392 e. The molecule has 0 aromatic carbocycles. The molecule has 0 amide bonds. The first-order valence-electron chi connectivity index (χ1n) is 20.4. The number of nitrogens with two attached hydrogens (primary N) is 1. The first kappa shape index (κ1) is 39.9. The SMILES string of the molecule is C=C1C[C@@H]2C[C@H](C)[C@@H]3C[C@@H](O)[C@H](O3)C3C[C@@H](OC)[C@H]4O[C@H](CC[C@@H]4O3)CC(=O)C[C@@H]3[C@@H](OC)[C@@H](C[C@H](O)CN)O[C@H]3C[C@H]3O[C@H](CCC3=C)CC[C@@H]1O2. The number of aliphatic hydroxyl groups is 2. The quantitative estimate of drug-likeness (QED) is 0.351. The number of ketones is 1.